The Morgan fingerprint density at radius 1 is 0.475 bits per heavy atom. The molecule has 0 bridgehead atoms. The summed E-state index contributed by atoms with van der Waals surface area (Å²) in [5.41, 5.74) is 6.46. The summed E-state index contributed by atoms with van der Waals surface area (Å²) in [6, 6.07) is 69.9. The second-order valence-electron chi connectivity index (χ2n) is 14.5. The van der Waals surface area contributed by atoms with E-state index in [0.717, 1.165) is 45.0 Å². The Labute approximate surface area is 347 Å². The van der Waals surface area contributed by atoms with E-state index in [9.17, 15) is 0 Å². The van der Waals surface area contributed by atoms with Gasteiger partial charge in [-0.1, -0.05) is 54.6 Å². The molecule has 0 saturated carbocycles. The molecule has 282 valence electrons. The monoisotopic (exact) mass is 776 g/mol. The molecule has 0 radical (unpaired) electrons. The van der Waals surface area contributed by atoms with Gasteiger partial charge in [0, 0.05) is 14.7 Å². The molecule has 0 unspecified atom stereocenters. The van der Waals surface area contributed by atoms with Crippen molar-refractivity contribution in [1.29, 1.82) is 0 Å². The van der Waals surface area contributed by atoms with Gasteiger partial charge in [0.15, 0.2) is 0 Å². The molecule has 4 nitrogen and oxygen atoms in total. The average molecular weight is 777 g/mol. The summed E-state index contributed by atoms with van der Waals surface area (Å²) >= 11 is 0. The van der Waals surface area contributed by atoms with Crippen LogP contribution in [-0.4, -0.2) is 32.0 Å². The van der Waals surface area contributed by atoms with Gasteiger partial charge in [0.05, 0.1) is 0 Å². The van der Waals surface area contributed by atoms with Gasteiger partial charge < -0.3 is 0 Å². The van der Waals surface area contributed by atoms with Crippen molar-refractivity contribution >= 4 is 61.7 Å². The van der Waals surface area contributed by atoms with Gasteiger partial charge >= 0.3 is 243 Å². The topological polar surface area (TPSA) is 35.6 Å². The van der Waals surface area contributed by atoms with E-state index in [2.05, 4.69) is 242 Å². The van der Waals surface area contributed by atoms with E-state index in [-0.39, 0.29) is 0 Å². The summed E-state index contributed by atoms with van der Waals surface area (Å²) in [5.74, 6) is 4.46. The summed E-state index contributed by atoms with van der Waals surface area (Å²) in [4.78, 5) is 16.0. The molecule has 0 aliphatic carbocycles. The van der Waals surface area contributed by atoms with E-state index in [4.69, 9.17) is 9.97 Å². The minimum atomic E-state index is -1.86. The van der Waals surface area contributed by atoms with Gasteiger partial charge in [0.25, 0.3) is 0 Å². The number of allylic oxidation sites excluding steroid dienone is 1. The van der Waals surface area contributed by atoms with Crippen LogP contribution in [0.15, 0.2) is 220 Å². The SMILES string of the molecule is CB=Cc1c(/C=C\C)n(-c2cc(-n3c4ccccc4c4ccccc43)nc(-c3ccc(S(c4ccccc4)(c4ccccc4)c4ccccc4)cc3)n2)c2ccccc12. The molecule has 7 aromatic carbocycles. The zero-order valence-corrected chi connectivity index (χ0v) is 33.8. The van der Waals surface area contributed by atoms with Crippen molar-refractivity contribution in [3.05, 3.63) is 211 Å². The van der Waals surface area contributed by atoms with Crippen molar-refractivity contribution in [1.82, 2.24) is 19.1 Å². The fourth-order valence-corrected chi connectivity index (χ4v) is 12.5. The van der Waals surface area contributed by atoms with E-state index in [1.165, 1.54) is 35.7 Å². The average Bonchev–Trinajstić information content (AvgIpc) is 3.80. The molecule has 10 aromatic rings. The number of rotatable bonds is 9. The van der Waals surface area contributed by atoms with Crippen LogP contribution in [0.4, 0.5) is 0 Å². The van der Waals surface area contributed by atoms with Crippen LogP contribution in [0.25, 0.3) is 61.8 Å². The van der Waals surface area contributed by atoms with Gasteiger partial charge in [-0.05, 0) is 36.4 Å². The Morgan fingerprint density at radius 2 is 0.898 bits per heavy atom. The zero-order chi connectivity index (χ0) is 39.8. The Bertz CT molecular complexity index is 3020. The van der Waals surface area contributed by atoms with Crippen molar-refractivity contribution in [2.45, 2.75) is 33.3 Å². The van der Waals surface area contributed by atoms with Gasteiger partial charge in [0.2, 0.25) is 0 Å². The molecule has 59 heavy (non-hydrogen) atoms. The molecule has 0 spiro atoms. The number of para-hydroxylation sites is 3. The number of aromatic nitrogens is 4. The first-order valence-electron chi connectivity index (χ1n) is 20.1. The third-order valence-corrected chi connectivity index (χ3v) is 15.0. The molecule has 0 fully saturated rings. The number of hydrogen-bond donors (Lipinski definition) is 0. The summed E-state index contributed by atoms with van der Waals surface area (Å²) < 4.78 is 4.58. The molecule has 0 aliphatic rings. The summed E-state index contributed by atoms with van der Waals surface area (Å²) in [7, 11) is -1.86. The van der Waals surface area contributed by atoms with E-state index in [1.54, 1.807) is 0 Å². The Balaban J connectivity index is 1.24. The van der Waals surface area contributed by atoms with Crippen LogP contribution in [0, 0.1) is 0 Å². The number of fused-ring (bicyclic) bond motifs is 4. The van der Waals surface area contributed by atoms with Crippen LogP contribution in [0.2, 0.25) is 6.82 Å². The predicted molar refractivity (Wildman–Crippen MR) is 250 cm³/mol. The summed E-state index contributed by atoms with van der Waals surface area (Å²) in [6.07, 6.45) is 4.29. The Kier molecular flexibility index (Phi) is 9.48. The second kappa shape index (κ2) is 15.4. The fraction of sp³-hybridized carbons (Fsp3) is 0.0377. The van der Waals surface area contributed by atoms with Crippen LogP contribution in [0.1, 0.15) is 18.2 Å². The molecular weight excluding hydrogens is 735 g/mol. The first-order chi connectivity index (χ1) is 29.2. The quantitative estimate of drug-likeness (QED) is 0.137. The number of nitrogens with zero attached hydrogens (tertiary/aromatic N) is 4. The van der Waals surface area contributed by atoms with Crippen molar-refractivity contribution in [2.75, 3.05) is 0 Å². The Hall–Kier alpha value is -7.02. The van der Waals surface area contributed by atoms with Gasteiger partial charge in [-0.25, -0.2) is 0 Å². The molecule has 6 heteroatoms. The summed E-state index contributed by atoms with van der Waals surface area (Å²) in [5, 5.41) is 3.55. The number of benzene rings is 7. The fourth-order valence-electron chi connectivity index (χ4n) is 8.64. The molecule has 3 aromatic heterocycles. The standard InChI is InChI=1S/C53H41BN4S/c1-3-19-47-46(37-54-2)45-28-15-18-31-50(45)57(47)51-36-52(58-48-29-16-13-26-43(48)44-27-14-17-30-49(44)58)56-53(55-51)38-32-34-42(35-33-38)59(39-20-7-4-8-21-39,40-22-9-5-10-23-40)41-24-11-6-12-25-41/h3-37H,1-2H3/b19-3-. The van der Waals surface area contributed by atoms with Crippen LogP contribution in [0.3, 0.4) is 0 Å². The zero-order valence-electron chi connectivity index (χ0n) is 33.0. The summed E-state index contributed by atoms with van der Waals surface area (Å²) in [6.45, 7) is 6.25. The van der Waals surface area contributed by atoms with Crippen LogP contribution in [-0.2, 0) is 0 Å². The molecular formula is C53H41BN4S. The maximum atomic E-state index is 5.46. The first-order valence-corrected chi connectivity index (χ1v) is 21.7. The van der Waals surface area contributed by atoms with E-state index in [0.29, 0.717) is 5.82 Å². The molecule has 0 N–H and O–H groups in total. The molecule has 0 atom stereocenters. The Morgan fingerprint density at radius 3 is 1.39 bits per heavy atom. The normalized spacial score (nSPS) is 12.2. The molecule has 10 rings (SSSR count). The van der Waals surface area contributed by atoms with E-state index < -0.39 is 10.0 Å². The van der Waals surface area contributed by atoms with E-state index in [1.807, 2.05) is 0 Å². The number of hydrogen-bond acceptors (Lipinski definition) is 2. The molecule has 3 heterocycles. The maximum absolute atomic E-state index is 5.46. The third kappa shape index (κ3) is 6.07. The van der Waals surface area contributed by atoms with Crippen LogP contribution < -0.4 is 0 Å². The van der Waals surface area contributed by atoms with Crippen LogP contribution in [0.5, 0.6) is 0 Å². The van der Waals surface area contributed by atoms with E-state index >= 15 is 0 Å². The van der Waals surface area contributed by atoms with Crippen molar-refractivity contribution in [2.24, 2.45) is 0 Å². The minimum absolute atomic E-state index is 0.655. The second-order valence-corrected chi connectivity index (χ2v) is 17.6. The predicted octanol–water partition coefficient (Wildman–Crippen LogP) is 13.5. The van der Waals surface area contributed by atoms with Gasteiger partial charge in [-0.15, -0.1) is 0 Å². The van der Waals surface area contributed by atoms with Gasteiger partial charge in [0.1, 0.15) is 0 Å². The first kappa shape index (κ1) is 36.3. The van der Waals surface area contributed by atoms with Crippen LogP contribution >= 0.6 is 10.0 Å². The molecule has 0 aliphatic heterocycles. The van der Waals surface area contributed by atoms with Gasteiger partial charge in [-0.2, -0.15) is 0 Å². The third-order valence-electron chi connectivity index (χ3n) is 11.1. The van der Waals surface area contributed by atoms with Gasteiger partial charge in [-0.3, -0.25) is 0 Å². The molecule has 0 saturated heterocycles. The van der Waals surface area contributed by atoms with Crippen molar-refractivity contribution < 1.29 is 0 Å². The van der Waals surface area contributed by atoms with Crippen molar-refractivity contribution in [3.63, 3.8) is 0 Å². The van der Waals surface area contributed by atoms with Crippen molar-refractivity contribution in [3.8, 4) is 23.0 Å². The molecule has 0 amide bonds.